The fourth-order valence-corrected chi connectivity index (χ4v) is 3.67. The second-order valence-corrected chi connectivity index (χ2v) is 7.26. The molecule has 1 aliphatic heterocycles. The molecule has 124 valence electrons. The van der Waals surface area contributed by atoms with Crippen LogP contribution in [0.25, 0.3) is 0 Å². The third-order valence-corrected chi connectivity index (χ3v) is 5.23. The molecule has 1 aliphatic rings. The lowest BCUT2D eigenvalue weighted by Gasteiger charge is -2.13. The van der Waals surface area contributed by atoms with E-state index in [2.05, 4.69) is 15.6 Å². The molecular formula is C17H17N3O3S. The van der Waals surface area contributed by atoms with Crippen LogP contribution < -0.4 is 4.72 Å². The Balaban J connectivity index is 1.80. The number of benzene rings is 1. The number of hydrogen-bond acceptors (Lipinski definition) is 3. The Morgan fingerprint density at radius 2 is 2.00 bits per heavy atom. The van der Waals surface area contributed by atoms with E-state index in [0.717, 1.165) is 12.8 Å². The van der Waals surface area contributed by atoms with Crippen molar-refractivity contribution in [2.24, 2.45) is 0 Å². The van der Waals surface area contributed by atoms with Crippen LogP contribution in [0.2, 0.25) is 0 Å². The smallest absolute Gasteiger partial charge is 0.270 e. The molecule has 0 bridgehead atoms. The van der Waals surface area contributed by atoms with Crippen LogP contribution in [0, 0.1) is 12.3 Å². The number of carbonyl (C=O) groups excluding carboxylic acids is 1. The molecule has 0 aliphatic carbocycles. The van der Waals surface area contributed by atoms with E-state index in [1.165, 1.54) is 12.3 Å². The molecule has 0 spiro atoms. The molecule has 1 aromatic carbocycles. The van der Waals surface area contributed by atoms with Crippen LogP contribution in [0.4, 0.5) is 5.69 Å². The van der Waals surface area contributed by atoms with Gasteiger partial charge < -0.3 is 9.88 Å². The molecule has 2 heterocycles. The maximum Gasteiger partial charge on any atom is 0.270 e. The Bertz CT molecular complexity index is 903. The van der Waals surface area contributed by atoms with Crippen molar-refractivity contribution in [1.29, 1.82) is 0 Å². The minimum atomic E-state index is -3.80. The van der Waals surface area contributed by atoms with E-state index >= 15 is 0 Å². The summed E-state index contributed by atoms with van der Waals surface area (Å²) in [5.74, 6) is 2.27. The summed E-state index contributed by atoms with van der Waals surface area (Å²) >= 11 is 0. The summed E-state index contributed by atoms with van der Waals surface area (Å²) in [6.45, 7) is 1.41. The highest BCUT2D eigenvalue weighted by Gasteiger charge is 2.23. The molecule has 2 N–H and O–H groups in total. The molecule has 1 saturated heterocycles. The van der Waals surface area contributed by atoms with Crippen molar-refractivity contribution < 1.29 is 13.2 Å². The Labute approximate surface area is 140 Å². The number of aromatic nitrogens is 1. The van der Waals surface area contributed by atoms with Gasteiger partial charge in [0.15, 0.2) is 0 Å². The van der Waals surface area contributed by atoms with Gasteiger partial charge in [0, 0.05) is 24.8 Å². The predicted octanol–water partition coefficient (Wildman–Crippen LogP) is 2.03. The SMILES string of the molecule is C#Cc1cccc(NS(=O)(=O)c2c[nH]c(C(=O)N3CCCC3)c2)c1. The summed E-state index contributed by atoms with van der Waals surface area (Å²) in [7, 11) is -3.80. The van der Waals surface area contributed by atoms with Gasteiger partial charge in [-0.25, -0.2) is 8.42 Å². The third kappa shape index (κ3) is 3.29. The first-order valence-electron chi connectivity index (χ1n) is 7.57. The van der Waals surface area contributed by atoms with Crippen LogP contribution in [-0.4, -0.2) is 37.3 Å². The monoisotopic (exact) mass is 343 g/mol. The van der Waals surface area contributed by atoms with E-state index in [4.69, 9.17) is 6.42 Å². The Kier molecular flexibility index (Phi) is 4.32. The number of anilines is 1. The topological polar surface area (TPSA) is 82.3 Å². The number of sulfonamides is 1. The number of H-pyrrole nitrogens is 1. The van der Waals surface area contributed by atoms with Crippen LogP contribution in [0.3, 0.4) is 0 Å². The predicted molar refractivity (Wildman–Crippen MR) is 91.1 cm³/mol. The van der Waals surface area contributed by atoms with Crippen molar-refractivity contribution in [2.45, 2.75) is 17.7 Å². The van der Waals surface area contributed by atoms with Gasteiger partial charge in [-0.05, 0) is 37.1 Å². The van der Waals surface area contributed by atoms with E-state index in [1.807, 2.05) is 0 Å². The summed E-state index contributed by atoms with van der Waals surface area (Å²) < 4.78 is 27.4. The van der Waals surface area contributed by atoms with Gasteiger partial charge in [0.05, 0.1) is 5.69 Å². The summed E-state index contributed by atoms with van der Waals surface area (Å²) in [4.78, 5) is 16.8. The molecular weight excluding hydrogens is 326 g/mol. The quantitative estimate of drug-likeness (QED) is 0.834. The highest BCUT2D eigenvalue weighted by molar-refractivity contribution is 7.92. The van der Waals surface area contributed by atoms with Gasteiger partial charge in [0.2, 0.25) is 0 Å². The number of likely N-dealkylation sites (tertiary alicyclic amines) is 1. The first-order valence-corrected chi connectivity index (χ1v) is 9.05. The molecule has 1 fully saturated rings. The number of hydrogen-bond donors (Lipinski definition) is 2. The standard InChI is InChI=1S/C17H17N3O3S/c1-2-13-6-5-7-14(10-13)19-24(22,23)15-11-16(18-12-15)17(21)20-8-3-4-9-20/h1,5-7,10-12,18-19H,3-4,8-9H2. The van der Waals surface area contributed by atoms with Gasteiger partial charge in [-0.3, -0.25) is 9.52 Å². The Morgan fingerprint density at radius 1 is 1.25 bits per heavy atom. The Morgan fingerprint density at radius 3 is 2.71 bits per heavy atom. The Hall–Kier alpha value is -2.72. The van der Waals surface area contributed by atoms with Gasteiger partial charge in [-0.1, -0.05) is 12.0 Å². The van der Waals surface area contributed by atoms with Gasteiger partial charge in [0.1, 0.15) is 10.6 Å². The highest BCUT2D eigenvalue weighted by atomic mass is 32.2. The largest absolute Gasteiger partial charge is 0.356 e. The van der Waals surface area contributed by atoms with Crippen molar-refractivity contribution in [3.8, 4) is 12.3 Å². The molecule has 1 amide bonds. The lowest BCUT2D eigenvalue weighted by atomic mass is 10.2. The minimum Gasteiger partial charge on any atom is -0.356 e. The zero-order valence-electron chi connectivity index (χ0n) is 13.0. The number of amides is 1. The number of carbonyl (C=O) groups is 1. The molecule has 0 radical (unpaired) electrons. The summed E-state index contributed by atoms with van der Waals surface area (Å²) in [6.07, 6.45) is 8.59. The molecule has 0 atom stereocenters. The number of terminal acetylenes is 1. The van der Waals surface area contributed by atoms with Crippen LogP contribution >= 0.6 is 0 Å². The van der Waals surface area contributed by atoms with Crippen LogP contribution in [0.1, 0.15) is 28.9 Å². The molecule has 24 heavy (non-hydrogen) atoms. The molecule has 0 unspecified atom stereocenters. The fourth-order valence-electron chi connectivity index (χ4n) is 2.63. The normalized spacial score (nSPS) is 14.4. The van der Waals surface area contributed by atoms with Crippen molar-refractivity contribution in [2.75, 3.05) is 17.8 Å². The van der Waals surface area contributed by atoms with Crippen LogP contribution in [0.15, 0.2) is 41.4 Å². The lowest BCUT2D eigenvalue weighted by Crippen LogP contribution is -2.27. The van der Waals surface area contributed by atoms with Crippen molar-refractivity contribution >= 4 is 21.6 Å². The zero-order valence-corrected chi connectivity index (χ0v) is 13.8. The third-order valence-electron chi connectivity index (χ3n) is 3.87. The second kappa shape index (κ2) is 6.42. The average molecular weight is 343 g/mol. The van der Waals surface area contributed by atoms with E-state index in [9.17, 15) is 13.2 Å². The van der Waals surface area contributed by atoms with Gasteiger partial charge in [0.25, 0.3) is 15.9 Å². The minimum absolute atomic E-state index is 0.0103. The average Bonchev–Trinajstić information content (AvgIpc) is 3.26. The molecule has 6 nitrogen and oxygen atoms in total. The summed E-state index contributed by atoms with van der Waals surface area (Å²) in [5, 5.41) is 0. The summed E-state index contributed by atoms with van der Waals surface area (Å²) in [6, 6.07) is 7.92. The fraction of sp³-hybridized carbons (Fsp3) is 0.235. The van der Waals surface area contributed by atoms with Crippen molar-refractivity contribution in [3.63, 3.8) is 0 Å². The number of aromatic amines is 1. The maximum absolute atomic E-state index is 12.5. The second-order valence-electron chi connectivity index (χ2n) is 5.58. The summed E-state index contributed by atoms with van der Waals surface area (Å²) in [5.41, 5.74) is 1.22. The highest BCUT2D eigenvalue weighted by Crippen LogP contribution is 2.19. The van der Waals surface area contributed by atoms with E-state index in [-0.39, 0.29) is 16.5 Å². The maximum atomic E-state index is 12.5. The van der Waals surface area contributed by atoms with E-state index < -0.39 is 10.0 Å². The van der Waals surface area contributed by atoms with Gasteiger partial charge >= 0.3 is 0 Å². The van der Waals surface area contributed by atoms with Crippen LogP contribution in [0.5, 0.6) is 0 Å². The number of nitrogens with zero attached hydrogens (tertiary/aromatic N) is 1. The molecule has 0 saturated carbocycles. The molecule has 2 aromatic rings. The van der Waals surface area contributed by atoms with Gasteiger partial charge in [-0.15, -0.1) is 6.42 Å². The van der Waals surface area contributed by atoms with Gasteiger partial charge in [-0.2, -0.15) is 0 Å². The van der Waals surface area contributed by atoms with Crippen LogP contribution in [-0.2, 0) is 10.0 Å². The first-order chi connectivity index (χ1) is 11.5. The van der Waals surface area contributed by atoms with Crippen molar-refractivity contribution in [1.82, 2.24) is 9.88 Å². The number of nitrogens with one attached hydrogen (secondary N) is 2. The molecule has 3 rings (SSSR count). The van der Waals surface area contributed by atoms with E-state index in [1.54, 1.807) is 29.2 Å². The van der Waals surface area contributed by atoms with E-state index in [0.29, 0.717) is 24.3 Å². The molecule has 7 heteroatoms. The van der Waals surface area contributed by atoms with Crippen molar-refractivity contribution in [3.05, 3.63) is 47.8 Å². The molecule has 1 aromatic heterocycles. The lowest BCUT2D eigenvalue weighted by molar-refractivity contribution is 0.0787. The first kappa shape index (κ1) is 16.1. The zero-order chi connectivity index (χ0) is 17.2. The number of rotatable bonds is 4.